The Morgan fingerprint density at radius 1 is 0.855 bits per heavy atom. The summed E-state index contributed by atoms with van der Waals surface area (Å²) in [6.45, 7) is 15.6. The first-order valence-corrected chi connectivity index (χ1v) is 22.7. The standard InChI is InChI=1S/C47H72O15/c1-23(2)41-27(6)34(48)21-46(62-41)20-32-17-31(61-46)15-14-25(4)42(24(3)12-11-13-30-22-55-44-39(49)26(5)16-33(45(51)58-32)47(30,44)52)59-38-19-36(54-10)43(29(8)57-38)60-37-18-35(53-9)40(50)28(7)56-37/h11-14,16,23-24,27-29,31-44,48-50,52H,15,17-22H2,1-10H3/b12-11-,25-14-,30-13?/t24-,27-,28-,29-,31+,32-,33-,34-,35-,36-,37-,38-,39+,40-,41+,42-,43-,44+,46-,47+/m0/s1. The maximum atomic E-state index is 14.3. The Morgan fingerprint density at radius 2 is 1.55 bits per heavy atom. The lowest BCUT2D eigenvalue weighted by Crippen LogP contribution is -2.60. The molecule has 5 fully saturated rings. The summed E-state index contributed by atoms with van der Waals surface area (Å²) in [4.78, 5) is 14.3. The fourth-order valence-electron chi connectivity index (χ4n) is 10.9. The molecule has 0 unspecified atom stereocenters. The molecule has 20 atom stereocenters. The third-order valence-corrected chi connectivity index (χ3v) is 14.5. The lowest BCUT2D eigenvalue weighted by atomic mass is 9.71. The molecule has 0 radical (unpaired) electrons. The monoisotopic (exact) mass is 876 g/mol. The quantitative estimate of drug-likeness (QED) is 0.210. The van der Waals surface area contributed by atoms with Crippen molar-refractivity contribution in [1.29, 1.82) is 0 Å². The first kappa shape index (κ1) is 47.9. The molecule has 0 amide bonds. The number of hydrogen-bond donors (Lipinski definition) is 4. The number of rotatable bonds is 7. The lowest BCUT2D eigenvalue weighted by Gasteiger charge is -2.52. The van der Waals surface area contributed by atoms with Gasteiger partial charge in [0.1, 0.15) is 42.0 Å². The van der Waals surface area contributed by atoms with Crippen LogP contribution in [0.5, 0.6) is 0 Å². The maximum Gasteiger partial charge on any atom is 0.316 e. The SMILES string of the molecule is CO[C@H]1C[C@H](O[C@H]2[C@H](C)O[C@@H](O[C@@H]3/C(C)=C\C[C@@H]4C[C@@H](C[C@]5(C[C@H](O)[C@H](C)[C@@H](C(C)C)O5)O4)OC(=O)[C@@H]4C=C(C)[C@@H](O)[C@H]5OCC(=C/C=C\[C@@H]3C)[C@]54O)C[C@@H]2OC)O[C@@H](C)[C@@H]1O. The summed E-state index contributed by atoms with van der Waals surface area (Å²) in [6.07, 6.45) is 2.11. The zero-order valence-electron chi connectivity index (χ0n) is 38.1. The molecule has 2 bridgehead atoms. The van der Waals surface area contributed by atoms with E-state index in [4.69, 9.17) is 47.4 Å². The molecule has 62 heavy (non-hydrogen) atoms. The van der Waals surface area contributed by atoms with Crippen LogP contribution in [0.15, 0.2) is 47.1 Å². The topological polar surface area (TPSA) is 190 Å². The summed E-state index contributed by atoms with van der Waals surface area (Å²) < 4.78 is 63.4. The average molecular weight is 877 g/mol. The van der Waals surface area contributed by atoms with Crippen LogP contribution in [-0.4, -0.2) is 151 Å². The van der Waals surface area contributed by atoms with Crippen LogP contribution >= 0.6 is 0 Å². The molecule has 7 aliphatic rings. The molecule has 0 saturated carbocycles. The van der Waals surface area contributed by atoms with Gasteiger partial charge in [-0.25, -0.2) is 0 Å². The molecule has 1 spiro atoms. The van der Waals surface area contributed by atoms with Crippen LogP contribution < -0.4 is 0 Å². The smallest absolute Gasteiger partial charge is 0.316 e. The Balaban J connectivity index is 1.18. The number of methoxy groups -OCH3 is 2. The van der Waals surface area contributed by atoms with E-state index in [0.717, 1.165) is 5.57 Å². The van der Waals surface area contributed by atoms with Gasteiger partial charge in [-0.3, -0.25) is 4.79 Å². The second-order valence-electron chi connectivity index (χ2n) is 19.3. The van der Waals surface area contributed by atoms with E-state index in [2.05, 4.69) is 19.9 Å². The molecular formula is C47H72O15. The van der Waals surface area contributed by atoms with Gasteiger partial charge in [-0.1, -0.05) is 58.1 Å². The fraction of sp³-hybridized carbons (Fsp3) is 0.809. The molecule has 4 N–H and O–H groups in total. The number of allylic oxidation sites excluding steroid dienone is 2. The largest absolute Gasteiger partial charge is 0.462 e. The Labute approximate surface area is 366 Å². The van der Waals surface area contributed by atoms with Gasteiger partial charge in [-0.05, 0) is 56.8 Å². The van der Waals surface area contributed by atoms with Gasteiger partial charge in [0.2, 0.25) is 0 Å². The van der Waals surface area contributed by atoms with Crippen molar-refractivity contribution in [2.75, 3.05) is 20.8 Å². The van der Waals surface area contributed by atoms with Crippen LogP contribution in [-0.2, 0) is 52.2 Å². The van der Waals surface area contributed by atoms with E-state index in [0.29, 0.717) is 36.8 Å². The minimum atomic E-state index is -1.87. The summed E-state index contributed by atoms with van der Waals surface area (Å²) in [6, 6.07) is 0. The van der Waals surface area contributed by atoms with Gasteiger partial charge in [0.05, 0.1) is 55.4 Å². The van der Waals surface area contributed by atoms with Gasteiger partial charge in [0.15, 0.2) is 18.4 Å². The third kappa shape index (κ3) is 9.58. The van der Waals surface area contributed by atoms with Crippen LogP contribution in [0.3, 0.4) is 0 Å². The van der Waals surface area contributed by atoms with Crippen molar-refractivity contribution in [1.82, 2.24) is 0 Å². The van der Waals surface area contributed by atoms with Crippen LogP contribution in [0.2, 0.25) is 0 Å². The molecule has 7 rings (SSSR count). The van der Waals surface area contributed by atoms with Gasteiger partial charge in [0, 0.05) is 58.2 Å². The number of aliphatic hydroxyl groups excluding tert-OH is 3. The van der Waals surface area contributed by atoms with E-state index >= 15 is 0 Å². The highest BCUT2D eigenvalue weighted by Gasteiger charge is 2.60. The molecule has 6 aliphatic heterocycles. The minimum absolute atomic E-state index is 0.0105. The highest BCUT2D eigenvalue weighted by atomic mass is 16.7. The van der Waals surface area contributed by atoms with Crippen LogP contribution in [0.1, 0.15) is 93.9 Å². The number of carbonyl (C=O) groups excluding carboxylic acids is 1. The van der Waals surface area contributed by atoms with E-state index in [1.54, 1.807) is 40.2 Å². The molecule has 1 aliphatic carbocycles. The third-order valence-electron chi connectivity index (χ3n) is 14.5. The highest BCUT2D eigenvalue weighted by Crippen LogP contribution is 2.48. The molecule has 6 heterocycles. The summed E-state index contributed by atoms with van der Waals surface area (Å²) in [5.74, 6) is -3.24. The highest BCUT2D eigenvalue weighted by molar-refractivity contribution is 5.78. The first-order chi connectivity index (χ1) is 29.4. The first-order valence-electron chi connectivity index (χ1n) is 22.7. The number of hydrogen-bond acceptors (Lipinski definition) is 15. The minimum Gasteiger partial charge on any atom is -0.462 e. The molecule has 15 heteroatoms. The average Bonchev–Trinajstić information content (AvgIpc) is 3.56. The van der Waals surface area contributed by atoms with Crippen molar-refractivity contribution in [3.8, 4) is 0 Å². The van der Waals surface area contributed by atoms with Gasteiger partial charge in [-0.15, -0.1) is 0 Å². The predicted molar refractivity (Wildman–Crippen MR) is 224 cm³/mol. The summed E-state index contributed by atoms with van der Waals surface area (Å²) in [5.41, 5.74) is 0.0192. The summed E-state index contributed by atoms with van der Waals surface area (Å²) in [7, 11) is 3.20. The number of esters is 1. The van der Waals surface area contributed by atoms with Crippen molar-refractivity contribution < 1.29 is 72.6 Å². The van der Waals surface area contributed by atoms with Crippen molar-refractivity contribution in [3.05, 3.63) is 47.1 Å². The van der Waals surface area contributed by atoms with E-state index in [1.165, 1.54) is 0 Å². The summed E-state index contributed by atoms with van der Waals surface area (Å²) in [5, 5.41) is 45.6. The number of aliphatic hydroxyl groups is 4. The van der Waals surface area contributed by atoms with Crippen molar-refractivity contribution in [3.63, 3.8) is 0 Å². The van der Waals surface area contributed by atoms with E-state index < -0.39 is 109 Å². The molecule has 350 valence electrons. The van der Waals surface area contributed by atoms with E-state index in [9.17, 15) is 25.2 Å². The van der Waals surface area contributed by atoms with Crippen molar-refractivity contribution in [2.24, 2.45) is 23.7 Å². The molecule has 15 nitrogen and oxygen atoms in total. The Kier molecular flexibility index (Phi) is 15.0. The molecular weight excluding hydrogens is 805 g/mol. The zero-order chi connectivity index (χ0) is 44.8. The van der Waals surface area contributed by atoms with Gasteiger partial charge in [0.25, 0.3) is 0 Å². The molecule has 5 saturated heterocycles. The van der Waals surface area contributed by atoms with Gasteiger partial charge < -0.3 is 67.8 Å². The Morgan fingerprint density at radius 3 is 2.26 bits per heavy atom. The van der Waals surface area contributed by atoms with E-state index in [-0.39, 0.29) is 43.3 Å². The Bertz CT molecular complexity index is 1700. The molecule has 0 aromatic heterocycles. The van der Waals surface area contributed by atoms with Gasteiger partial charge >= 0.3 is 5.97 Å². The zero-order valence-corrected chi connectivity index (χ0v) is 38.1. The second kappa shape index (κ2) is 19.4. The lowest BCUT2D eigenvalue weighted by molar-refractivity contribution is -0.353. The van der Waals surface area contributed by atoms with Crippen molar-refractivity contribution >= 4 is 5.97 Å². The normalized spacial score (nSPS) is 49.3. The Hall–Kier alpha value is -2.09. The van der Waals surface area contributed by atoms with E-state index in [1.807, 2.05) is 39.8 Å². The number of carbonyl (C=O) groups is 1. The number of ether oxygens (including phenoxy) is 10. The second-order valence-corrected chi connectivity index (χ2v) is 19.3. The van der Waals surface area contributed by atoms with Crippen molar-refractivity contribution in [2.45, 2.75) is 197 Å². The van der Waals surface area contributed by atoms with Crippen LogP contribution in [0.4, 0.5) is 0 Å². The predicted octanol–water partition coefficient (Wildman–Crippen LogP) is 4.18. The molecule has 0 aromatic rings. The summed E-state index contributed by atoms with van der Waals surface area (Å²) >= 11 is 0. The van der Waals surface area contributed by atoms with Crippen LogP contribution in [0, 0.1) is 23.7 Å². The molecule has 0 aromatic carbocycles. The van der Waals surface area contributed by atoms with Gasteiger partial charge in [-0.2, -0.15) is 0 Å². The van der Waals surface area contributed by atoms with Crippen LogP contribution in [0.25, 0.3) is 0 Å². The fourth-order valence-corrected chi connectivity index (χ4v) is 10.9. The maximum absolute atomic E-state index is 14.3. The number of fused-ring (bicyclic) bond motifs is 2.